The van der Waals surface area contributed by atoms with E-state index in [0.717, 1.165) is 0 Å². The average Bonchev–Trinajstić information content (AvgIpc) is 2.07. The molecule has 0 atom stereocenters. The van der Waals surface area contributed by atoms with Crippen LogP contribution in [0.15, 0.2) is 12.1 Å². The third-order valence-electron chi connectivity index (χ3n) is 1.55. The minimum Gasteiger partial charge on any atom is -0.505 e. The van der Waals surface area contributed by atoms with Crippen LogP contribution in [0.1, 0.15) is 15.9 Å². The van der Waals surface area contributed by atoms with Crippen molar-refractivity contribution in [2.24, 2.45) is 0 Å². The largest absolute Gasteiger partial charge is 0.505 e. The molecule has 0 aromatic heterocycles. The van der Waals surface area contributed by atoms with E-state index in [1.165, 1.54) is 0 Å². The highest BCUT2D eigenvalue weighted by Gasteiger charge is 2.34. The van der Waals surface area contributed by atoms with E-state index in [9.17, 15) is 22.4 Å². The van der Waals surface area contributed by atoms with E-state index >= 15 is 0 Å². The van der Waals surface area contributed by atoms with Crippen LogP contribution in [0, 0.1) is 5.82 Å². The second-order valence-electron chi connectivity index (χ2n) is 2.51. The van der Waals surface area contributed by atoms with Gasteiger partial charge in [-0.15, -0.1) is 0 Å². The van der Waals surface area contributed by atoms with E-state index in [-0.39, 0.29) is 12.4 Å². The minimum atomic E-state index is -4.79. The van der Waals surface area contributed by atoms with Crippen molar-refractivity contribution in [3.63, 3.8) is 0 Å². The zero-order valence-electron chi connectivity index (χ0n) is 6.60. The maximum Gasteiger partial charge on any atom is 0.417 e. The van der Waals surface area contributed by atoms with Gasteiger partial charge in [0.15, 0.2) is 17.9 Å². The molecule has 1 rings (SSSR count). The fourth-order valence-electron chi connectivity index (χ4n) is 0.920. The van der Waals surface area contributed by atoms with Crippen LogP contribution >= 0.6 is 0 Å². The molecule has 0 spiro atoms. The van der Waals surface area contributed by atoms with Crippen molar-refractivity contribution in [3.8, 4) is 5.75 Å². The standard InChI is InChI=1S/C8H4F4O2/c9-6-1-4(3-13)5(2-7(6)14)8(10,11)12/h1-3,14H. The Balaban J connectivity index is 3.42. The number of carbonyl (C=O) groups is 1. The molecule has 0 aliphatic rings. The predicted octanol–water partition coefficient (Wildman–Crippen LogP) is 2.36. The molecule has 1 aromatic rings. The van der Waals surface area contributed by atoms with Crippen molar-refractivity contribution >= 4 is 6.29 Å². The van der Waals surface area contributed by atoms with Crippen LogP contribution in [-0.2, 0) is 6.18 Å². The van der Waals surface area contributed by atoms with Gasteiger partial charge in [-0.05, 0) is 12.1 Å². The highest BCUT2D eigenvalue weighted by Crippen LogP contribution is 2.34. The number of aldehydes is 1. The molecular weight excluding hydrogens is 204 g/mol. The first-order valence-electron chi connectivity index (χ1n) is 3.41. The van der Waals surface area contributed by atoms with Gasteiger partial charge in [0.1, 0.15) is 0 Å². The lowest BCUT2D eigenvalue weighted by molar-refractivity contribution is -0.138. The number of hydrogen-bond donors (Lipinski definition) is 1. The van der Waals surface area contributed by atoms with Crippen LogP contribution in [0.5, 0.6) is 5.75 Å². The van der Waals surface area contributed by atoms with Crippen molar-refractivity contribution < 1.29 is 27.5 Å². The van der Waals surface area contributed by atoms with Crippen LogP contribution in [0.25, 0.3) is 0 Å². The summed E-state index contributed by atoms with van der Waals surface area (Å²) in [7, 11) is 0. The smallest absolute Gasteiger partial charge is 0.417 e. The molecule has 0 heterocycles. The van der Waals surface area contributed by atoms with E-state index < -0.39 is 28.9 Å². The molecule has 2 nitrogen and oxygen atoms in total. The number of alkyl halides is 3. The van der Waals surface area contributed by atoms with E-state index in [1.807, 2.05) is 0 Å². The Labute approximate surface area is 75.8 Å². The maximum absolute atomic E-state index is 12.6. The van der Waals surface area contributed by atoms with Crippen LogP contribution < -0.4 is 0 Å². The predicted molar refractivity (Wildman–Crippen MR) is 38.5 cm³/mol. The third kappa shape index (κ3) is 1.84. The fraction of sp³-hybridized carbons (Fsp3) is 0.125. The number of halogens is 4. The van der Waals surface area contributed by atoms with E-state index in [0.29, 0.717) is 6.07 Å². The molecule has 6 heteroatoms. The first-order valence-corrected chi connectivity index (χ1v) is 3.41. The van der Waals surface area contributed by atoms with Crippen molar-refractivity contribution in [2.75, 3.05) is 0 Å². The number of aromatic hydroxyl groups is 1. The lowest BCUT2D eigenvalue weighted by atomic mass is 10.1. The van der Waals surface area contributed by atoms with Gasteiger partial charge in [0.05, 0.1) is 5.56 Å². The van der Waals surface area contributed by atoms with Crippen molar-refractivity contribution in [2.45, 2.75) is 6.18 Å². The van der Waals surface area contributed by atoms with Crippen LogP contribution in [0.2, 0.25) is 0 Å². The molecule has 0 aliphatic heterocycles. The lowest BCUT2D eigenvalue weighted by Gasteiger charge is -2.09. The van der Waals surface area contributed by atoms with Gasteiger partial charge in [-0.3, -0.25) is 4.79 Å². The molecule has 0 aliphatic carbocycles. The van der Waals surface area contributed by atoms with Gasteiger partial charge in [-0.1, -0.05) is 0 Å². The van der Waals surface area contributed by atoms with Gasteiger partial charge >= 0.3 is 6.18 Å². The summed E-state index contributed by atoms with van der Waals surface area (Å²) < 4.78 is 49.0. The number of phenols is 1. The second-order valence-corrected chi connectivity index (χ2v) is 2.51. The second kappa shape index (κ2) is 3.28. The Morgan fingerprint density at radius 1 is 1.29 bits per heavy atom. The number of hydrogen-bond acceptors (Lipinski definition) is 2. The molecule has 1 aromatic carbocycles. The van der Waals surface area contributed by atoms with Crippen LogP contribution in [-0.4, -0.2) is 11.4 Å². The molecular formula is C8H4F4O2. The monoisotopic (exact) mass is 208 g/mol. The highest BCUT2D eigenvalue weighted by molar-refractivity contribution is 5.78. The van der Waals surface area contributed by atoms with Gasteiger partial charge < -0.3 is 5.11 Å². The van der Waals surface area contributed by atoms with Gasteiger partial charge in [-0.25, -0.2) is 4.39 Å². The summed E-state index contributed by atoms with van der Waals surface area (Å²) in [5.41, 5.74) is -2.20. The summed E-state index contributed by atoms with van der Waals surface area (Å²) in [6, 6.07) is 0.518. The number of rotatable bonds is 1. The minimum absolute atomic E-state index is 0.120. The van der Waals surface area contributed by atoms with Crippen molar-refractivity contribution in [3.05, 3.63) is 29.1 Å². The molecule has 76 valence electrons. The van der Waals surface area contributed by atoms with Crippen molar-refractivity contribution in [1.29, 1.82) is 0 Å². The SMILES string of the molecule is O=Cc1cc(F)c(O)cc1C(F)(F)F. The molecule has 0 fully saturated rings. The molecule has 0 unspecified atom stereocenters. The van der Waals surface area contributed by atoms with Crippen LogP contribution in [0.3, 0.4) is 0 Å². The zero-order chi connectivity index (χ0) is 10.9. The summed E-state index contributed by atoms with van der Waals surface area (Å²) in [4.78, 5) is 10.2. The van der Waals surface area contributed by atoms with Crippen LogP contribution in [0.4, 0.5) is 17.6 Å². The normalized spacial score (nSPS) is 11.4. The number of carbonyl (C=O) groups excluding carboxylic acids is 1. The highest BCUT2D eigenvalue weighted by atomic mass is 19.4. The molecule has 0 amide bonds. The fourth-order valence-corrected chi connectivity index (χ4v) is 0.920. The van der Waals surface area contributed by atoms with E-state index in [2.05, 4.69) is 0 Å². The molecule has 0 radical (unpaired) electrons. The van der Waals surface area contributed by atoms with Gasteiger partial charge in [0, 0.05) is 5.56 Å². The Hall–Kier alpha value is -1.59. The Morgan fingerprint density at radius 2 is 1.86 bits per heavy atom. The van der Waals surface area contributed by atoms with Crippen molar-refractivity contribution in [1.82, 2.24) is 0 Å². The molecule has 14 heavy (non-hydrogen) atoms. The summed E-state index contributed by atoms with van der Waals surface area (Å²) in [6.45, 7) is 0. The first-order chi connectivity index (χ1) is 6.36. The average molecular weight is 208 g/mol. The quantitative estimate of drug-likeness (QED) is 0.568. The van der Waals surface area contributed by atoms with Gasteiger partial charge in [0.25, 0.3) is 0 Å². The number of phenolic OH excluding ortho intramolecular Hbond substituents is 1. The Morgan fingerprint density at radius 3 is 2.29 bits per heavy atom. The topological polar surface area (TPSA) is 37.3 Å². The summed E-state index contributed by atoms with van der Waals surface area (Å²) in [6.07, 6.45) is -4.91. The lowest BCUT2D eigenvalue weighted by Crippen LogP contribution is -2.09. The summed E-state index contributed by atoms with van der Waals surface area (Å²) >= 11 is 0. The van der Waals surface area contributed by atoms with Gasteiger partial charge in [-0.2, -0.15) is 13.2 Å². The van der Waals surface area contributed by atoms with Gasteiger partial charge in [0.2, 0.25) is 0 Å². The summed E-state index contributed by atoms with van der Waals surface area (Å²) in [5.74, 6) is -2.40. The Bertz CT molecular complexity index is 370. The third-order valence-corrected chi connectivity index (χ3v) is 1.55. The zero-order valence-corrected chi connectivity index (χ0v) is 6.60. The maximum atomic E-state index is 12.6. The first kappa shape index (κ1) is 10.5. The molecule has 1 N–H and O–H groups in total. The molecule has 0 bridgehead atoms. The Kier molecular flexibility index (Phi) is 2.46. The summed E-state index contributed by atoms with van der Waals surface area (Å²) in [5, 5.41) is 8.69. The van der Waals surface area contributed by atoms with E-state index in [1.54, 1.807) is 0 Å². The number of benzene rings is 1. The van der Waals surface area contributed by atoms with E-state index in [4.69, 9.17) is 5.11 Å². The molecule has 0 saturated heterocycles. The molecule has 0 saturated carbocycles.